The Bertz CT molecular complexity index is 771. The van der Waals surface area contributed by atoms with Gasteiger partial charge in [0.2, 0.25) is 6.39 Å². The van der Waals surface area contributed by atoms with E-state index in [0.29, 0.717) is 0 Å². The van der Waals surface area contributed by atoms with Crippen LogP contribution in [0.25, 0.3) is 0 Å². The van der Waals surface area contributed by atoms with E-state index in [1.54, 1.807) is 0 Å². The minimum atomic E-state index is -3.92. The predicted molar refractivity (Wildman–Crippen MR) is 76.8 cm³/mol. The normalized spacial score (nSPS) is 11.1. The number of anilines is 1. The van der Waals surface area contributed by atoms with Gasteiger partial charge in [-0.3, -0.25) is 14.6 Å². The molecular formula is C11H10N4O5S2. The first-order valence-corrected chi connectivity index (χ1v) is 8.27. The summed E-state index contributed by atoms with van der Waals surface area (Å²) in [4.78, 5) is 29.7. The molecule has 0 saturated heterocycles. The summed E-state index contributed by atoms with van der Waals surface area (Å²) in [6, 6.07) is 2.49. The maximum atomic E-state index is 12.0. The SMILES string of the molecule is CC(=O)SCC(=O)c1ccc(S(=O)(=O)Nc2ncon2)cn1. The Balaban J connectivity index is 2.11. The predicted octanol–water partition coefficient (Wildman–Crippen LogP) is 0.728. The number of ketones is 1. The van der Waals surface area contributed by atoms with Crippen molar-refractivity contribution in [2.24, 2.45) is 0 Å². The highest BCUT2D eigenvalue weighted by Crippen LogP contribution is 2.13. The lowest BCUT2D eigenvalue weighted by Crippen LogP contribution is -2.15. The van der Waals surface area contributed by atoms with E-state index in [1.165, 1.54) is 19.1 Å². The molecule has 0 aliphatic heterocycles. The molecule has 9 nitrogen and oxygen atoms in total. The number of aromatic nitrogens is 3. The molecule has 11 heteroatoms. The van der Waals surface area contributed by atoms with E-state index in [9.17, 15) is 18.0 Å². The van der Waals surface area contributed by atoms with E-state index in [-0.39, 0.29) is 33.2 Å². The van der Waals surface area contributed by atoms with Gasteiger partial charge in [-0.15, -0.1) is 0 Å². The van der Waals surface area contributed by atoms with Crippen molar-refractivity contribution in [3.8, 4) is 0 Å². The van der Waals surface area contributed by atoms with Crippen molar-refractivity contribution in [2.75, 3.05) is 10.5 Å². The summed E-state index contributed by atoms with van der Waals surface area (Å²) in [5, 5.41) is 3.14. The third kappa shape index (κ3) is 4.11. The van der Waals surface area contributed by atoms with E-state index in [0.717, 1.165) is 24.4 Å². The molecule has 2 aromatic rings. The molecule has 2 aromatic heterocycles. The Hall–Kier alpha value is -2.27. The van der Waals surface area contributed by atoms with Crippen LogP contribution < -0.4 is 4.72 Å². The quantitative estimate of drug-likeness (QED) is 0.754. The van der Waals surface area contributed by atoms with Gasteiger partial charge in [0.1, 0.15) is 10.6 Å². The Morgan fingerprint density at radius 1 is 1.32 bits per heavy atom. The number of Topliss-reactive ketones (excluding diaryl/α,β-unsaturated/α-hetero) is 1. The highest BCUT2D eigenvalue weighted by Gasteiger charge is 2.18. The molecular weight excluding hydrogens is 332 g/mol. The largest absolute Gasteiger partial charge is 0.341 e. The Labute approximate surface area is 129 Å². The molecule has 116 valence electrons. The second kappa shape index (κ2) is 6.66. The van der Waals surface area contributed by atoms with E-state index in [2.05, 4.69) is 24.4 Å². The van der Waals surface area contributed by atoms with Gasteiger partial charge in [0.15, 0.2) is 10.9 Å². The van der Waals surface area contributed by atoms with E-state index in [4.69, 9.17) is 0 Å². The molecule has 0 fully saturated rings. The number of nitrogens with zero attached hydrogens (tertiary/aromatic N) is 3. The smallest absolute Gasteiger partial charge is 0.277 e. The van der Waals surface area contributed by atoms with Crippen molar-refractivity contribution < 1.29 is 22.5 Å². The summed E-state index contributed by atoms with van der Waals surface area (Å²) in [5.41, 5.74) is 0.0762. The first-order valence-electron chi connectivity index (χ1n) is 5.80. The average Bonchev–Trinajstić information content (AvgIpc) is 2.97. The van der Waals surface area contributed by atoms with Gasteiger partial charge in [-0.2, -0.15) is 4.98 Å². The lowest BCUT2D eigenvalue weighted by molar-refractivity contribution is -0.109. The highest BCUT2D eigenvalue weighted by molar-refractivity contribution is 8.14. The fourth-order valence-corrected chi connectivity index (χ4v) is 2.71. The molecule has 0 aliphatic carbocycles. The minimum Gasteiger partial charge on any atom is -0.341 e. The molecule has 22 heavy (non-hydrogen) atoms. The number of sulfonamides is 1. The van der Waals surface area contributed by atoms with Crippen LogP contribution in [0.3, 0.4) is 0 Å². The molecule has 2 heterocycles. The number of pyridine rings is 1. The van der Waals surface area contributed by atoms with Gasteiger partial charge >= 0.3 is 0 Å². The van der Waals surface area contributed by atoms with Crippen LogP contribution in [0.1, 0.15) is 17.4 Å². The summed E-state index contributed by atoms with van der Waals surface area (Å²) in [7, 11) is -3.92. The molecule has 0 saturated carbocycles. The lowest BCUT2D eigenvalue weighted by Gasteiger charge is -2.04. The van der Waals surface area contributed by atoms with E-state index >= 15 is 0 Å². The summed E-state index contributed by atoms with van der Waals surface area (Å²) in [6.45, 7) is 1.35. The summed E-state index contributed by atoms with van der Waals surface area (Å²) in [6.07, 6.45) is 2.01. The van der Waals surface area contributed by atoms with Crippen LogP contribution in [0.4, 0.5) is 5.95 Å². The standard InChI is InChI=1S/C11H10N4O5S2/c1-7(16)21-5-10(17)9-3-2-8(4-12-9)22(18,19)15-11-13-6-20-14-11/h2-4,6H,5H2,1H3,(H,14,15). The number of carbonyl (C=O) groups excluding carboxylic acids is 2. The minimum absolute atomic E-state index is 0.0461. The topological polar surface area (TPSA) is 132 Å². The van der Waals surface area contributed by atoms with Gasteiger partial charge < -0.3 is 4.52 Å². The molecule has 0 spiro atoms. The Kier molecular flexibility index (Phi) is 4.88. The third-order valence-electron chi connectivity index (χ3n) is 2.33. The first kappa shape index (κ1) is 16.1. The van der Waals surface area contributed by atoms with Crippen molar-refractivity contribution in [3.05, 3.63) is 30.4 Å². The molecule has 0 atom stereocenters. The van der Waals surface area contributed by atoms with Gasteiger partial charge in [-0.1, -0.05) is 11.8 Å². The van der Waals surface area contributed by atoms with Crippen LogP contribution in [0.15, 0.2) is 34.1 Å². The second-order valence-electron chi connectivity index (χ2n) is 3.94. The molecule has 0 aliphatic rings. The van der Waals surface area contributed by atoms with Gasteiger partial charge in [0.25, 0.3) is 16.0 Å². The first-order chi connectivity index (χ1) is 10.4. The molecule has 0 bridgehead atoms. The van der Waals surface area contributed by atoms with Crippen LogP contribution >= 0.6 is 11.8 Å². The maximum absolute atomic E-state index is 12.0. The number of rotatable bonds is 6. The summed E-state index contributed by atoms with van der Waals surface area (Å²) >= 11 is 0.861. The molecule has 0 radical (unpaired) electrons. The number of nitrogens with one attached hydrogen (secondary N) is 1. The maximum Gasteiger partial charge on any atom is 0.277 e. The highest BCUT2D eigenvalue weighted by atomic mass is 32.2. The van der Waals surface area contributed by atoms with Crippen molar-refractivity contribution in [2.45, 2.75) is 11.8 Å². The lowest BCUT2D eigenvalue weighted by atomic mass is 10.3. The Morgan fingerprint density at radius 3 is 2.64 bits per heavy atom. The van der Waals surface area contributed by atoms with Crippen LogP contribution in [-0.2, 0) is 14.8 Å². The van der Waals surface area contributed by atoms with Crippen LogP contribution in [0, 0.1) is 0 Å². The number of thioether (sulfide) groups is 1. The third-order valence-corrected chi connectivity index (χ3v) is 4.45. The van der Waals surface area contributed by atoms with Crippen LogP contribution in [0.5, 0.6) is 0 Å². The molecule has 0 aromatic carbocycles. The molecule has 0 unspecified atom stereocenters. The van der Waals surface area contributed by atoms with Crippen molar-refractivity contribution in [3.63, 3.8) is 0 Å². The van der Waals surface area contributed by atoms with Gasteiger partial charge in [-0.25, -0.2) is 13.1 Å². The average molecular weight is 342 g/mol. The van der Waals surface area contributed by atoms with E-state index < -0.39 is 10.0 Å². The van der Waals surface area contributed by atoms with Gasteiger partial charge in [0.05, 0.1) is 5.75 Å². The zero-order valence-electron chi connectivity index (χ0n) is 11.2. The fourth-order valence-electron chi connectivity index (χ4n) is 1.34. The van der Waals surface area contributed by atoms with Gasteiger partial charge in [-0.05, 0) is 17.3 Å². The molecule has 1 N–H and O–H groups in total. The molecule has 0 amide bonds. The zero-order chi connectivity index (χ0) is 16.2. The number of hydrogen-bond acceptors (Lipinski definition) is 9. The number of hydrogen-bond donors (Lipinski definition) is 1. The van der Waals surface area contributed by atoms with Crippen LogP contribution in [0.2, 0.25) is 0 Å². The zero-order valence-corrected chi connectivity index (χ0v) is 12.8. The second-order valence-corrected chi connectivity index (χ2v) is 6.78. The van der Waals surface area contributed by atoms with Crippen molar-refractivity contribution >= 4 is 38.6 Å². The van der Waals surface area contributed by atoms with Crippen molar-refractivity contribution in [1.29, 1.82) is 0 Å². The van der Waals surface area contributed by atoms with Crippen molar-refractivity contribution in [1.82, 2.24) is 15.1 Å². The van der Waals surface area contributed by atoms with Crippen LogP contribution in [-0.4, -0.2) is 40.2 Å². The summed E-state index contributed by atoms with van der Waals surface area (Å²) in [5.74, 6) is -0.622. The monoisotopic (exact) mass is 342 g/mol. The Morgan fingerprint density at radius 2 is 2.09 bits per heavy atom. The van der Waals surface area contributed by atoms with Gasteiger partial charge in [0, 0.05) is 13.1 Å². The fraction of sp³-hybridized carbons (Fsp3) is 0.182. The van der Waals surface area contributed by atoms with E-state index in [1.807, 2.05) is 0 Å². The summed E-state index contributed by atoms with van der Waals surface area (Å²) < 4.78 is 30.5. The molecule has 2 rings (SSSR count). The number of carbonyl (C=O) groups is 2.